The zero-order chi connectivity index (χ0) is 18.3. The second kappa shape index (κ2) is 8.78. The maximum absolute atomic E-state index is 12.2. The van der Waals surface area contributed by atoms with Crippen molar-refractivity contribution in [1.29, 1.82) is 0 Å². The smallest absolute Gasteiger partial charge is 0.240 e. The normalized spacial score (nSPS) is 12.2. The minimum absolute atomic E-state index is 0.287. The molecule has 1 N–H and O–H groups in total. The Balaban J connectivity index is 1.84. The number of nitrogens with one attached hydrogen (secondary N) is 1. The van der Waals surface area contributed by atoms with E-state index >= 15 is 0 Å². The Bertz CT molecular complexity index is 800. The van der Waals surface area contributed by atoms with E-state index < -0.39 is 10.0 Å². The van der Waals surface area contributed by atoms with Crippen LogP contribution in [0.3, 0.4) is 0 Å². The first-order valence-corrected chi connectivity index (χ1v) is 9.69. The summed E-state index contributed by atoms with van der Waals surface area (Å²) in [5.41, 5.74) is 2.18. The zero-order valence-electron chi connectivity index (χ0n) is 14.9. The highest BCUT2D eigenvalue weighted by molar-refractivity contribution is 7.89. The number of sulfonamides is 1. The Morgan fingerprint density at radius 1 is 1.08 bits per heavy atom. The molecule has 5 nitrogen and oxygen atoms in total. The number of aliphatic imine (C=N–C) groups is 1. The largest absolute Gasteiger partial charge is 0.362 e. The Morgan fingerprint density at radius 2 is 1.72 bits per heavy atom. The van der Waals surface area contributed by atoms with Gasteiger partial charge in [-0.3, -0.25) is 4.99 Å². The summed E-state index contributed by atoms with van der Waals surface area (Å²) in [5.74, 6) is 0.874. The lowest BCUT2D eigenvalue weighted by molar-refractivity contribution is 0.494. The van der Waals surface area contributed by atoms with Crippen LogP contribution >= 0.6 is 0 Å². The van der Waals surface area contributed by atoms with Gasteiger partial charge in [0.05, 0.1) is 17.3 Å². The molecule has 2 rings (SSSR count). The highest BCUT2D eigenvalue weighted by atomic mass is 32.2. The fourth-order valence-corrected chi connectivity index (χ4v) is 3.24. The second-order valence-corrected chi connectivity index (χ2v) is 7.75. The Morgan fingerprint density at radius 3 is 2.36 bits per heavy atom. The third-order valence-corrected chi connectivity index (χ3v) is 5.43. The summed E-state index contributed by atoms with van der Waals surface area (Å²) in [6.45, 7) is 5.35. The van der Waals surface area contributed by atoms with Gasteiger partial charge in [-0.05, 0) is 31.5 Å². The lowest BCUT2D eigenvalue weighted by Crippen LogP contribution is -2.35. The fraction of sp³-hybridized carbons (Fsp3) is 0.316. The number of hydrogen-bond donors (Lipinski definition) is 1. The molecular weight excluding hydrogens is 334 g/mol. The summed E-state index contributed by atoms with van der Waals surface area (Å²) in [6.07, 6.45) is 0. The van der Waals surface area contributed by atoms with Crippen LogP contribution in [-0.2, 0) is 16.6 Å². The zero-order valence-corrected chi connectivity index (χ0v) is 15.8. The van der Waals surface area contributed by atoms with Gasteiger partial charge in [-0.15, -0.1) is 0 Å². The number of hydrogen-bond acceptors (Lipinski definition) is 3. The molecule has 0 aromatic heterocycles. The van der Waals surface area contributed by atoms with Crippen LogP contribution in [0, 0.1) is 6.92 Å². The van der Waals surface area contributed by atoms with Gasteiger partial charge in [0.25, 0.3) is 0 Å². The summed E-state index contributed by atoms with van der Waals surface area (Å²) in [4.78, 5) is 6.77. The minimum Gasteiger partial charge on any atom is -0.362 e. The van der Waals surface area contributed by atoms with Crippen LogP contribution in [0.25, 0.3) is 0 Å². The highest BCUT2D eigenvalue weighted by Crippen LogP contribution is 2.09. The molecule has 0 bridgehead atoms. The number of benzene rings is 2. The van der Waals surface area contributed by atoms with E-state index in [2.05, 4.69) is 9.71 Å². The van der Waals surface area contributed by atoms with Crippen LogP contribution in [0.4, 0.5) is 0 Å². The second-order valence-electron chi connectivity index (χ2n) is 5.98. The molecule has 0 saturated carbocycles. The molecule has 0 atom stereocenters. The van der Waals surface area contributed by atoms with Crippen LogP contribution in [0.5, 0.6) is 0 Å². The first kappa shape index (κ1) is 19.1. The molecule has 0 spiro atoms. The van der Waals surface area contributed by atoms with Crippen LogP contribution < -0.4 is 4.72 Å². The molecule has 6 heteroatoms. The Labute approximate surface area is 150 Å². The van der Waals surface area contributed by atoms with E-state index in [1.165, 1.54) is 0 Å². The fourth-order valence-electron chi connectivity index (χ4n) is 2.22. The molecule has 0 amide bonds. The molecule has 0 aliphatic rings. The number of rotatable bonds is 7. The van der Waals surface area contributed by atoms with Crippen molar-refractivity contribution in [3.8, 4) is 0 Å². The summed E-state index contributed by atoms with van der Waals surface area (Å²) >= 11 is 0. The molecule has 2 aromatic carbocycles. The van der Waals surface area contributed by atoms with Crippen molar-refractivity contribution in [2.45, 2.75) is 25.3 Å². The lowest BCUT2D eigenvalue weighted by atomic mass is 10.2. The quantitative estimate of drug-likeness (QED) is 0.611. The van der Waals surface area contributed by atoms with Crippen molar-refractivity contribution >= 4 is 15.9 Å². The van der Waals surface area contributed by atoms with E-state index in [1.54, 1.807) is 24.3 Å². The third kappa shape index (κ3) is 5.99. The Hall–Kier alpha value is -2.18. The summed E-state index contributed by atoms with van der Waals surface area (Å²) in [7, 11) is -1.56. The van der Waals surface area contributed by atoms with Gasteiger partial charge in [0, 0.05) is 20.1 Å². The van der Waals surface area contributed by atoms with E-state index in [4.69, 9.17) is 0 Å². The van der Waals surface area contributed by atoms with Gasteiger partial charge in [0.2, 0.25) is 10.0 Å². The van der Waals surface area contributed by atoms with Crippen molar-refractivity contribution in [1.82, 2.24) is 9.62 Å². The van der Waals surface area contributed by atoms with Crippen molar-refractivity contribution in [3.63, 3.8) is 0 Å². The first-order valence-electron chi connectivity index (χ1n) is 8.21. The van der Waals surface area contributed by atoms with Gasteiger partial charge in [0.1, 0.15) is 0 Å². The van der Waals surface area contributed by atoms with Crippen molar-refractivity contribution in [2.75, 3.05) is 20.1 Å². The van der Waals surface area contributed by atoms with Crippen molar-refractivity contribution in [2.24, 2.45) is 4.99 Å². The standard InChI is InChI=1S/C19H25N3O2S/c1-16-9-11-19(12-10-16)25(23,24)21-13-14-22(3)17(2)20-15-18-7-5-4-6-8-18/h4-12,21H,13-15H2,1-3H3. The molecule has 0 aliphatic carbocycles. The van der Waals surface area contributed by atoms with Gasteiger partial charge >= 0.3 is 0 Å². The minimum atomic E-state index is -3.47. The number of amidine groups is 1. The van der Waals surface area contributed by atoms with Crippen LogP contribution in [-0.4, -0.2) is 39.3 Å². The van der Waals surface area contributed by atoms with Gasteiger partial charge in [0.15, 0.2) is 0 Å². The Kier molecular flexibility index (Phi) is 6.73. The summed E-state index contributed by atoms with van der Waals surface area (Å²) < 4.78 is 27.1. The molecule has 0 radical (unpaired) electrons. The molecule has 2 aromatic rings. The first-order chi connectivity index (χ1) is 11.9. The number of likely N-dealkylation sites (N-methyl/N-ethyl adjacent to an activating group) is 1. The van der Waals surface area contributed by atoms with Gasteiger partial charge in [-0.2, -0.15) is 0 Å². The topological polar surface area (TPSA) is 61.8 Å². The van der Waals surface area contributed by atoms with Crippen LogP contribution in [0.2, 0.25) is 0 Å². The van der Waals surface area contributed by atoms with Gasteiger partial charge in [-0.1, -0.05) is 48.0 Å². The average Bonchev–Trinajstić information content (AvgIpc) is 2.60. The number of nitrogens with zero attached hydrogens (tertiary/aromatic N) is 2. The van der Waals surface area contributed by atoms with E-state index in [9.17, 15) is 8.42 Å². The molecule has 0 heterocycles. The summed E-state index contributed by atoms with van der Waals surface area (Å²) in [5, 5.41) is 0. The maximum Gasteiger partial charge on any atom is 0.240 e. The van der Waals surface area contributed by atoms with E-state index in [0.29, 0.717) is 19.6 Å². The van der Waals surface area contributed by atoms with Crippen molar-refractivity contribution in [3.05, 3.63) is 65.7 Å². The average molecular weight is 359 g/mol. The molecule has 0 aliphatic heterocycles. The predicted molar refractivity (Wildman–Crippen MR) is 102 cm³/mol. The molecular formula is C19H25N3O2S. The third-order valence-electron chi connectivity index (χ3n) is 3.96. The van der Waals surface area contributed by atoms with E-state index in [0.717, 1.165) is 17.0 Å². The van der Waals surface area contributed by atoms with Crippen LogP contribution in [0.15, 0.2) is 64.5 Å². The predicted octanol–water partition coefficient (Wildman–Crippen LogP) is 2.82. The highest BCUT2D eigenvalue weighted by Gasteiger charge is 2.13. The van der Waals surface area contributed by atoms with E-state index in [-0.39, 0.29) is 4.90 Å². The molecule has 0 unspecified atom stereocenters. The SMILES string of the molecule is CC(=NCc1ccccc1)N(C)CCNS(=O)(=O)c1ccc(C)cc1. The monoisotopic (exact) mass is 359 g/mol. The molecule has 25 heavy (non-hydrogen) atoms. The molecule has 0 saturated heterocycles. The van der Waals surface area contributed by atoms with E-state index in [1.807, 2.05) is 56.1 Å². The molecule has 0 fully saturated rings. The summed E-state index contributed by atoms with van der Waals surface area (Å²) in [6, 6.07) is 16.9. The number of aryl methyl sites for hydroxylation is 1. The van der Waals surface area contributed by atoms with Crippen LogP contribution in [0.1, 0.15) is 18.1 Å². The lowest BCUT2D eigenvalue weighted by Gasteiger charge is -2.19. The van der Waals surface area contributed by atoms with Gasteiger partial charge < -0.3 is 4.90 Å². The van der Waals surface area contributed by atoms with Crippen molar-refractivity contribution < 1.29 is 8.42 Å². The maximum atomic E-state index is 12.2. The van der Waals surface area contributed by atoms with Gasteiger partial charge in [-0.25, -0.2) is 13.1 Å². The molecule has 134 valence electrons.